The van der Waals surface area contributed by atoms with Crippen LogP contribution in [0.15, 0.2) is 22.7 Å². The van der Waals surface area contributed by atoms with Gasteiger partial charge in [-0.15, -0.1) is 0 Å². The number of carbonyl (C=O) groups excluding carboxylic acids is 2. The van der Waals surface area contributed by atoms with E-state index in [1.54, 1.807) is 18.2 Å². The number of hydrogen-bond donors (Lipinski definition) is 3. The van der Waals surface area contributed by atoms with Gasteiger partial charge in [0.2, 0.25) is 0 Å². The first-order valence-corrected chi connectivity index (χ1v) is 6.36. The number of anilines is 1. The summed E-state index contributed by atoms with van der Waals surface area (Å²) in [4.78, 5) is 22.9. The van der Waals surface area contributed by atoms with Crippen molar-refractivity contribution < 1.29 is 14.7 Å². The fraction of sp³-hybridized carbons (Fsp3) is 0.273. The molecule has 1 aromatic rings. The fourth-order valence-corrected chi connectivity index (χ4v) is 1.91. The third-order valence-electron chi connectivity index (χ3n) is 2.01. The molecular formula is C11H12BrClN2O3. The molecule has 2 amide bonds. The second kappa shape index (κ2) is 7.35. The summed E-state index contributed by atoms with van der Waals surface area (Å²) in [5, 5.41) is 13.9. The van der Waals surface area contributed by atoms with Gasteiger partial charge in [0.1, 0.15) is 0 Å². The number of benzene rings is 1. The Balaban J connectivity index is 2.56. The van der Waals surface area contributed by atoms with Crippen molar-refractivity contribution in [3.05, 3.63) is 27.7 Å². The van der Waals surface area contributed by atoms with Crippen LogP contribution in [-0.4, -0.2) is 30.1 Å². The van der Waals surface area contributed by atoms with E-state index >= 15 is 0 Å². The molecule has 7 heteroatoms. The van der Waals surface area contributed by atoms with Crippen LogP contribution in [0.3, 0.4) is 0 Å². The SMILES string of the molecule is O=C(NCCCO)C(=O)Nc1ccc(Cl)cc1Br. The smallest absolute Gasteiger partial charge is 0.313 e. The lowest BCUT2D eigenvalue weighted by Crippen LogP contribution is -2.36. The van der Waals surface area contributed by atoms with E-state index in [9.17, 15) is 9.59 Å². The van der Waals surface area contributed by atoms with E-state index in [-0.39, 0.29) is 13.2 Å². The Kier molecular flexibility index (Phi) is 6.11. The van der Waals surface area contributed by atoms with Crippen molar-refractivity contribution in [2.75, 3.05) is 18.5 Å². The summed E-state index contributed by atoms with van der Waals surface area (Å²) in [5.74, 6) is -1.51. The first-order valence-electron chi connectivity index (χ1n) is 5.19. The third-order valence-corrected chi connectivity index (χ3v) is 2.90. The number of hydrogen-bond acceptors (Lipinski definition) is 3. The lowest BCUT2D eigenvalue weighted by atomic mass is 10.3. The molecule has 0 aliphatic rings. The molecule has 0 heterocycles. The Morgan fingerprint density at radius 2 is 2.06 bits per heavy atom. The van der Waals surface area contributed by atoms with Crippen LogP contribution >= 0.6 is 27.5 Å². The van der Waals surface area contributed by atoms with Crippen molar-refractivity contribution in [2.45, 2.75) is 6.42 Å². The zero-order chi connectivity index (χ0) is 13.5. The van der Waals surface area contributed by atoms with Gasteiger partial charge in [0.05, 0.1) is 5.69 Å². The van der Waals surface area contributed by atoms with Gasteiger partial charge < -0.3 is 15.7 Å². The van der Waals surface area contributed by atoms with Crippen molar-refractivity contribution in [3.63, 3.8) is 0 Å². The van der Waals surface area contributed by atoms with Crippen LogP contribution in [0.2, 0.25) is 5.02 Å². The van der Waals surface area contributed by atoms with E-state index in [0.717, 1.165) is 0 Å². The van der Waals surface area contributed by atoms with Gasteiger partial charge in [0.15, 0.2) is 0 Å². The Bertz CT molecular complexity index is 454. The van der Waals surface area contributed by atoms with Crippen molar-refractivity contribution in [2.24, 2.45) is 0 Å². The molecule has 0 radical (unpaired) electrons. The van der Waals surface area contributed by atoms with E-state index < -0.39 is 11.8 Å². The normalized spacial score (nSPS) is 9.94. The molecule has 0 spiro atoms. The number of aliphatic hydroxyl groups excluding tert-OH is 1. The van der Waals surface area contributed by atoms with Gasteiger partial charge in [0, 0.05) is 22.6 Å². The molecular weight excluding hydrogens is 323 g/mol. The first-order chi connectivity index (χ1) is 8.54. The monoisotopic (exact) mass is 334 g/mol. The standard InChI is InChI=1S/C11H12BrClN2O3/c12-8-6-7(13)2-3-9(8)15-11(18)10(17)14-4-1-5-16/h2-3,6,16H,1,4-5H2,(H,14,17)(H,15,18). The summed E-state index contributed by atoms with van der Waals surface area (Å²) in [6, 6.07) is 4.80. The highest BCUT2D eigenvalue weighted by Crippen LogP contribution is 2.25. The average Bonchev–Trinajstić information content (AvgIpc) is 2.32. The second-order valence-corrected chi connectivity index (χ2v) is 4.70. The van der Waals surface area contributed by atoms with Gasteiger partial charge in [-0.05, 0) is 40.5 Å². The Hall–Kier alpha value is -1.11. The van der Waals surface area contributed by atoms with E-state index in [1.165, 1.54) is 0 Å². The van der Waals surface area contributed by atoms with Crippen LogP contribution < -0.4 is 10.6 Å². The largest absolute Gasteiger partial charge is 0.396 e. The lowest BCUT2D eigenvalue weighted by molar-refractivity contribution is -0.136. The van der Waals surface area contributed by atoms with E-state index in [0.29, 0.717) is 21.6 Å². The molecule has 0 saturated heterocycles. The maximum absolute atomic E-state index is 11.5. The average molecular weight is 336 g/mol. The molecule has 0 unspecified atom stereocenters. The maximum atomic E-state index is 11.5. The third kappa shape index (κ3) is 4.64. The van der Waals surface area contributed by atoms with Crippen LogP contribution in [0.25, 0.3) is 0 Å². The predicted molar refractivity (Wildman–Crippen MR) is 72.5 cm³/mol. The molecule has 0 aliphatic carbocycles. The van der Waals surface area contributed by atoms with Crippen molar-refractivity contribution in [3.8, 4) is 0 Å². The molecule has 18 heavy (non-hydrogen) atoms. The van der Waals surface area contributed by atoms with Crippen LogP contribution in [0.4, 0.5) is 5.69 Å². The minimum Gasteiger partial charge on any atom is -0.396 e. The van der Waals surface area contributed by atoms with Crippen molar-refractivity contribution in [1.29, 1.82) is 0 Å². The van der Waals surface area contributed by atoms with Gasteiger partial charge in [-0.25, -0.2) is 0 Å². The van der Waals surface area contributed by atoms with Gasteiger partial charge in [-0.3, -0.25) is 9.59 Å². The quantitative estimate of drug-likeness (QED) is 0.577. The van der Waals surface area contributed by atoms with Gasteiger partial charge >= 0.3 is 11.8 Å². The lowest BCUT2D eigenvalue weighted by Gasteiger charge is -2.07. The van der Waals surface area contributed by atoms with E-state index in [1.807, 2.05) is 0 Å². The summed E-state index contributed by atoms with van der Waals surface area (Å²) in [5.41, 5.74) is 0.460. The maximum Gasteiger partial charge on any atom is 0.313 e. The molecule has 98 valence electrons. The number of halogens is 2. The van der Waals surface area contributed by atoms with Crippen LogP contribution in [0, 0.1) is 0 Å². The van der Waals surface area contributed by atoms with Crippen LogP contribution in [0.5, 0.6) is 0 Å². The van der Waals surface area contributed by atoms with Crippen molar-refractivity contribution in [1.82, 2.24) is 5.32 Å². The van der Waals surface area contributed by atoms with Gasteiger partial charge in [-0.2, -0.15) is 0 Å². The van der Waals surface area contributed by atoms with Gasteiger partial charge in [0.25, 0.3) is 0 Å². The zero-order valence-corrected chi connectivity index (χ0v) is 11.7. The highest BCUT2D eigenvalue weighted by Gasteiger charge is 2.14. The Morgan fingerprint density at radius 1 is 1.33 bits per heavy atom. The number of amides is 2. The molecule has 5 nitrogen and oxygen atoms in total. The highest BCUT2D eigenvalue weighted by atomic mass is 79.9. The highest BCUT2D eigenvalue weighted by molar-refractivity contribution is 9.10. The summed E-state index contributed by atoms with van der Waals surface area (Å²) in [6.45, 7) is 0.217. The minimum atomic E-state index is -0.768. The zero-order valence-electron chi connectivity index (χ0n) is 9.37. The molecule has 0 bridgehead atoms. The number of aliphatic hydroxyl groups is 1. The van der Waals surface area contributed by atoms with Crippen molar-refractivity contribution >= 4 is 45.0 Å². The fourth-order valence-electron chi connectivity index (χ4n) is 1.13. The molecule has 0 fully saturated rings. The van der Waals surface area contributed by atoms with Gasteiger partial charge in [-0.1, -0.05) is 11.6 Å². The molecule has 0 saturated carbocycles. The molecule has 0 aliphatic heterocycles. The molecule has 1 rings (SSSR count). The number of carbonyl (C=O) groups is 2. The summed E-state index contributed by atoms with van der Waals surface area (Å²) < 4.78 is 0.589. The molecule has 0 aromatic heterocycles. The first kappa shape index (κ1) is 14.9. The van der Waals surface area contributed by atoms with E-state index in [2.05, 4.69) is 26.6 Å². The number of rotatable bonds is 4. The summed E-state index contributed by atoms with van der Waals surface area (Å²) >= 11 is 8.98. The molecule has 3 N–H and O–H groups in total. The predicted octanol–water partition coefficient (Wildman–Crippen LogP) is 1.54. The Morgan fingerprint density at radius 3 is 2.67 bits per heavy atom. The summed E-state index contributed by atoms with van der Waals surface area (Å²) in [6.07, 6.45) is 0.406. The molecule has 1 aromatic carbocycles. The van der Waals surface area contributed by atoms with Crippen LogP contribution in [-0.2, 0) is 9.59 Å². The minimum absolute atomic E-state index is 0.0371. The summed E-state index contributed by atoms with van der Waals surface area (Å²) in [7, 11) is 0. The van der Waals surface area contributed by atoms with E-state index in [4.69, 9.17) is 16.7 Å². The van der Waals surface area contributed by atoms with Crippen LogP contribution in [0.1, 0.15) is 6.42 Å². The number of nitrogens with one attached hydrogen (secondary N) is 2. The second-order valence-electron chi connectivity index (χ2n) is 3.41. The molecule has 0 atom stereocenters. The topological polar surface area (TPSA) is 78.4 Å². The Labute approximate surface area is 118 Å².